The molecule has 3 aromatic rings. The third kappa shape index (κ3) is 6.07. The molecule has 2 N–H and O–H groups in total. The Bertz CT molecular complexity index is 1020. The van der Waals surface area contributed by atoms with Gasteiger partial charge in [0.05, 0.1) is 5.56 Å². The minimum absolute atomic E-state index is 0.00445. The van der Waals surface area contributed by atoms with E-state index in [4.69, 9.17) is 11.6 Å². The highest BCUT2D eigenvalue weighted by atomic mass is 35.5. The van der Waals surface area contributed by atoms with Crippen LogP contribution in [0.15, 0.2) is 48.7 Å². The van der Waals surface area contributed by atoms with Crippen molar-refractivity contribution < 1.29 is 18.4 Å². The molecular weight excluding hydrogens is 420 g/mol. The molecule has 5 nitrogen and oxygen atoms in total. The quantitative estimate of drug-likeness (QED) is 0.577. The maximum atomic E-state index is 13.6. The van der Waals surface area contributed by atoms with Crippen molar-refractivity contribution in [3.05, 3.63) is 81.3 Å². The average molecular weight is 436 g/mol. The molecule has 3 rings (SSSR count). The van der Waals surface area contributed by atoms with E-state index in [0.29, 0.717) is 22.6 Å². The molecule has 0 unspecified atom stereocenters. The summed E-state index contributed by atoms with van der Waals surface area (Å²) in [4.78, 5) is 29.0. The van der Waals surface area contributed by atoms with Crippen molar-refractivity contribution in [1.82, 2.24) is 10.3 Å². The van der Waals surface area contributed by atoms with Crippen molar-refractivity contribution in [2.45, 2.75) is 12.8 Å². The van der Waals surface area contributed by atoms with E-state index < -0.39 is 17.5 Å². The number of nitrogens with zero attached hydrogens (tertiary/aromatic N) is 1. The zero-order valence-corrected chi connectivity index (χ0v) is 16.6. The van der Waals surface area contributed by atoms with E-state index in [1.807, 2.05) is 24.3 Å². The molecular formula is C20H16ClF2N3O2S. The van der Waals surface area contributed by atoms with Gasteiger partial charge in [0.15, 0.2) is 5.13 Å². The first-order valence-electron chi connectivity index (χ1n) is 8.63. The predicted molar refractivity (Wildman–Crippen MR) is 108 cm³/mol. The van der Waals surface area contributed by atoms with Gasteiger partial charge in [-0.05, 0) is 29.8 Å². The second-order valence-corrected chi connectivity index (χ2v) is 7.66. The molecule has 150 valence electrons. The van der Waals surface area contributed by atoms with Crippen LogP contribution < -0.4 is 10.6 Å². The molecule has 9 heteroatoms. The summed E-state index contributed by atoms with van der Waals surface area (Å²) in [6, 6.07) is 10.2. The molecule has 0 spiro atoms. The molecule has 0 atom stereocenters. The number of hydrogen-bond acceptors (Lipinski definition) is 4. The SMILES string of the molecule is O=C(CCNC(=O)c1ccc(F)cc1F)Nc1ncc(Cc2ccc(Cl)cc2)s1. The number of rotatable bonds is 7. The first-order valence-corrected chi connectivity index (χ1v) is 9.82. The Labute approximate surface area is 174 Å². The molecule has 0 aliphatic heterocycles. The zero-order chi connectivity index (χ0) is 20.8. The highest BCUT2D eigenvalue weighted by molar-refractivity contribution is 7.15. The van der Waals surface area contributed by atoms with E-state index in [-0.39, 0.29) is 24.4 Å². The van der Waals surface area contributed by atoms with Crippen LogP contribution in [0.5, 0.6) is 0 Å². The van der Waals surface area contributed by atoms with Crippen LogP contribution in [-0.4, -0.2) is 23.3 Å². The molecule has 0 aliphatic rings. The molecule has 0 bridgehead atoms. The minimum Gasteiger partial charge on any atom is -0.351 e. The lowest BCUT2D eigenvalue weighted by atomic mass is 10.1. The first-order chi connectivity index (χ1) is 13.9. The van der Waals surface area contributed by atoms with Crippen LogP contribution in [0.2, 0.25) is 5.02 Å². The predicted octanol–water partition coefficient (Wildman–Crippen LogP) is 4.42. The molecule has 2 amide bonds. The van der Waals surface area contributed by atoms with E-state index in [9.17, 15) is 18.4 Å². The summed E-state index contributed by atoms with van der Waals surface area (Å²) >= 11 is 7.22. The molecule has 1 heterocycles. The molecule has 0 radical (unpaired) electrons. The van der Waals surface area contributed by atoms with E-state index in [2.05, 4.69) is 15.6 Å². The van der Waals surface area contributed by atoms with E-state index >= 15 is 0 Å². The van der Waals surface area contributed by atoms with Gasteiger partial charge in [0.1, 0.15) is 11.6 Å². The number of carbonyl (C=O) groups excluding carboxylic acids is 2. The van der Waals surface area contributed by atoms with Crippen LogP contribution in [-0.2, 0) is 11.2 Å². The number of carbonyl (C=O) groups is 2. The van der Waals surface area contributed by atoms with Gasteiger partial charge < -0.3 is 10.6 Å². The van der Waals surface area contributed by atoms with E-state index in [0.717, 1.165) is 22.6 Å². The molecule has 1 aromatic heterocycles. The lowest BCUT2D eigenvalue weighted by Crippen LogP contribution is -2.28. The van der Waals surface area contributed by atoms with Crippen LogP contribution in [0.3, 0.4) is 0 Å². The Balaban J connectivity index is 1.45. The van der Waals surface area contributed by atoms with Crippen LogP contribution in [0.1, 0.15) is 27.2 Å². The van der Waals surface area contributed by atoms with Gasteiger partial charge in [0.2, 0.25) is 5.91 Å². The number of benzene rings is 2. The van der Waals surface area contributed by atoms with E-state index in [1.54, 1.807) is 6.20 Å². The Morgan fingerprint density at radius 3 is 2.59 bits per heavy atom. The zero-order valence-electron chi connectivity index (χ0n) is 15.0. The standard InChI is InChI=1S/C20H16ClF2N3O2S/c21-13-3-1-12(2-4-13)9-15-11-25-20(29-15)26-18(27)7-8-24-19(28)16-6-5-14(22)10-17(16)23/h1-6,10-11H,7-9H2,(H,24,28)(H,25,26,27). The van der Waals surface area contributed by atoms with Crippen molar-refractivity contribution in [3.63, 3.8) is 0 Å². The Kier molecular flexibility index (Phi) is 6.90. The fraction of sp³-hybridized carbons (Fsp3) is 0.150. The Morgan fingerprint density at radius 2 is 1.86 bits per heavy atom. The van der Waals surface area contributed by atoms with Gasteiger partial charge in [-0.15, -0.1) is 11.3 Å². The second kappa shape index (κ2) is 9.58. The van der Waals surface area contributed by atoms with E-state index in [1.165, 1.54) is 11.3 Å². The average Bonchev–Trinajstić information content (AvgIpc) is 3.10. The van der Waals surface area contributed by atoms with Gasteiger partial charge in [-0.1, -0.05) is 23.7 Å². The number of halogens is 3. The number of hydrogen-bond donors (Lipinski definition) is 2. The largest absolute Gasteiger partial charge is 0.351 e. The van der Waals surface area contributed by atoms with Crippen molar-refractivity contribution in [2.24, 2.45) is 0 Å². The number of thiazole rings is 1. The first kappa shape index (κ1) is 20.9. The minimum atomic E-state index is -0.956. The van der Waals surface area contributed by atoms with Gasteiger partial charge >= 0.3 is 0 Å². The monoisotopic (exact) mass is 435 g/mol. The molecule has 0 fully saturated rings. The fourth-order valence-electron chi connectivity index (χ4n) is 2.49. The third-order valence-corrected chi connectivity index (χ3v) is 5.07. The molecule has 2 aromatic carbocycles. The van der Waals surface area contributed by atoms with Crippen LogP contribution in [0, 0.1) is 11.6 Å². The summed E-state index contributed by atoms with van der Waals surface area (Å²) in [6.45, 7) is 0.00445. The van der Waals surface area contributed by atoms with Crippen LogP contribution in [0.25, 0.3) is 0 Å². The maximum absolute atomic E-state index is 13.6. The Hall–Kier alpha value is -2.84. The molecule has 0 saturated heterocycles. The third-order valence-electron chi connectivity index (χ3n) is 3.90. The summed E-state index contributed by atoms with van der Waals surface area (Å²) in [5, 5.41) is 6.21. The molecule has 29 heavy (non-hydrogen) atoms. The maximum Gasteiger partial charge on any atom is 0.254 e. The van der Waals surface area contributed by atoms with Gasteiger partial charge in [0.25, 0.3) is 5.91 Å². The topological polar surface area (TPSA) is 71.1 Å². The van der Waals surface area contributed by atoms with Gasteiger partial charge in [0, 0.05) is 41.5 Å². The van der Waals surface area contributed by atoms with Gasteiger partial charge in [-0.2, -0.15) is 0 Å². The number of aromatic nitrogens is 1. The summed E-state index contributed by atoms with van der Waals surface area (Å²) in [6.07, 6.45) is 2.35. The van der Waals surface area contributed by atoms with Gasteiger partial charge in [-0.3, -0.25) is 9.59 Å². The van der Waals surface area contributed by atoms with Crippen molar-refractivity contribution in [3.8, 4) is 0 Å². The number of anilines is 1. The van der Waals surface area contributed by atoms with Crippen molar-refractivity contribution >= 4 is 39.9 Å². The molecule has 0 aliphatic carbocycles. The van der Waals surface area contributed by atoms with Crippen LogP contribution in [0.4, 0.5) is 13.9 Å². The highest BCUT2D eigenvalue weighted by Gasteiger charge is 2.13. The lowest BCUT2D eigenvalue weighted by Gasteiger charge is -2.06. The van der Waals surface area contributed by atoms with Crippen LogP contribution >= 0.6 is 22.9 Å². The summed E-state index contributed by atoms with van der Waals surface area (Å²) in [5.41, 5.74) is 0.797. The molecule has 0 saturated carbocycles. The normalized spacial score (nSPS) is 10.6. The van der Waals surface area contributed by atoms with Crippen molar-refractivity contribution in [2.75, 3.05) is 11.9 Å². The second-order valence-electron chi connectivity index (χ2n) is 6.11. The Morgan fingerprint density at radius 1 is 1.10 bits per heavy atom. The lowest BCUT2D eigenvalue weighted by molar-refractivity contribution is -0.116. The highest BCUT2D eigenvalue weighted by Crippen LogP contribution is 2.22. The summed E-state index contributed by atoms with van der Waals surface area (Å²) in [5.74, 6) is -2.77. The fourth-order valence-corrected chi connectivity index (χ4v) is 3.48. The summed E-state index contributed by atoms with van der Waals surface area (Å²) in [7, 11) is 0. The van der Waals surface area contributed by atoms with Gasteiger partial charge in [-0.25, -0.2) is 13.8 Å². The smallest absolute Gasteiger partial charge is 0.254 e. The number of nitrogens with one attached hydrogen (secondary N) is 2. The van der Waals surface area contributed by atoms with Crippen molar-refractivity contribution in [1.29, 1.82) is 0 Å². The number of amides is 2. The summed E-state index contributed by atoms with van der Waals surface area (Å²) < 4.78 is 26.4.